The highest BCUT2D eigenvalue weighted by atomic mass is 32.2. The molecule has 2 aliphatic heterocycles. The Hall–Kier alpha value is -2.89. The zero-order valence-corrected chi connectivity index (χ0v) is 20.9. The third kappa shape index (κ3) is 5.36. The minimum Gasteiger partial charge on any atom is -0.439 e. The molecule has 0 aliphatic carbocycles. The summed E-state index contributed by atoms with van der Waals surface area (Å²) < 4.78 is 33.0. The molecule has 2 aromatic heterocycles. The van der Waals surface area contributed by atoms with Crippen molar-refractivity contribution < 1.29 is 21.8 Å². The summed E-state index contributed by atoms with van der Waals surface area (Å²) in [4.78, 5) is 15.7. The van der Waals surface area contributed by atoms with Gasteiger partial charge in [0.2, 0.25) is 11.8 Å². The van der Waals surface area contributed by atoms with Gasteiger partial charge in [-0.2, -0.15) is 9.19 Å². The largest absolute Gasteiger partial charge is 0.439 e. The summed E-state index contributed by atoms with van der Waals surface area (Å²) in [5.41, 5.74) is 1.94. The number of hydrogen-bond donors (Lipinski definition) is 0. The average molecular weight is 500 g/mol. The summed E-state index contributed by atoms with van der Waals surface area (Å²) in [6, 6.07) is 7.71. The van der Waals surface area contributed by atoms with Gasteiger partial charge >= 0.3 is 11.4 Å². The van der Waals surface area contributed by atoms with Gasteiger partial charge in [0.25, 0.3) is 0 Å². The Morgan fingerprint density at radius 1 is 1.06 bits per heavy atom. The van der Waals surface area contributed by atoms with Crippen molar-refractivity contribution in [2.24, 2.45) is 0 Å². The number of nitrogens with zero attached hydrogens (tertiary/aromatic N) is 5. The molecular weight excluding hydrogens is 470 g/mol. The van der Waals surface area contributed by atoms with Gasteiger partial charge in [-0.15, -0.1) is 0 Å². The highest BCUT2D eigenvalue weighted by Crippen LogP contribution is 2.34. The van der Waals surface area contributed by atoms with Gasteiger partial charge in [0, 0.05) is 30.8 Å². The van der Waals surface area contributed by atoms with Crippen LogP contribution in [0.4, 0.5) is 5.82 Å². The molecule has 0 unspecified atom stereocenters. The number of hydrogen-bond acceptors (Lipinski definition) is 10. The smallest absolute Gasteiger partial charge is 0.304 e. The van der Waals surface area contributed by atoms with Crippen LogP contribution in [-0.2, 0) is 19.7 Å². The first kappa shape index (κ1) is 23.8. The molecule has 4 heterocycles. The molecule has 0 spiro atoms. The molecule has 0 bridgehead atoms. The molecule has 0 N–H and O–H groups in total. The summed E-state index contributed by atoms with van der Waals surface area (Å²) >= 11 is -1.64. The van der Waals surface area contributed by atoms with Crippen LogP contribution in [0.25, 0.3) is 0 Å². The number of ether oxygens (including phenoxy) is 1. The second-order valence-corrected chi connectivity index (χ2v) is 10.1. The summed E-state index contributed by atoms with van der Waals surface area (Å²) in [6.45, 7) is 8.52. The molecule has 3 aromatic rings. The van der Waals surface area contributed by atoms with Crippen molar-refractivity contribution in [3.8, 4) is 11.6 Å². The molecule has 2 saturated heterocycles. The van der Waals surface area contributed by atoms with E-state index in [4.69, 9.17) is 17.6 Å². The molecule has 1 aromatic carbocycles. The first-order valence-corrected chi connectivity index (χ1v) is 12.8. The molecule has 35 heavy (non-hydrogen) atoms. The number of rotatable bonds is 6. The topological polar surface area (TPSA) is 113 Å². The van der Waals surface area contributed by atoms with E-state index in [2.05, 4.69) is 38.9 Å². The lowest BCUT2D eigenvalue weighted by atomic mass is 9.96. The van der Waals surface area contributed by atoms with Gasteiger partial charge in [0.05, 0.1) is 18.8 Å². The molecule has 186 valence electrons. The van der Waals surface area contributed by atoms with E-state index in [1.54, 1.807) is 6.33 Å². The SMILES string of the molecule is Cc1c(Oc2ccc([C@H]3CO[S@](=O)OC3)cc2)ncnc1N1CCC(c2nc(C(C)C)no2)CC1. The van der Waals surface area contributed by atoms with Gasteiger partial charge in [0.1, 0.15) is 17.9 Å². The van der Waals surface area contributed by atoms with Crippen molar-refractivity contribution >= 4 is 17.2 Å². The number of anilines is 1. The summed E-state index contributed by atoms with van der Waals surface area (Å²) in [5.74, 6) is 4.15. The van der Waals surface area contributed by atoms with Crippen molar-refractivity contribution in [2.75, 3.05) is 31.2 Å². The van der Waals surface area contributed by atoms with E-state index in [-0.39, 0.29) is 17.8 Å². The van der Waals surface area contributed by atoms with Crippen LogP contribution < -0.4 is 9.64 Å². The lowest BCUT2D eigenvalue weighted by molar-refractivity contribution is 0.160. The second-order valence-electron chi connectivity index (χ2n) is 9.18. The van der Waals surface area contributed by atoms with Gasteiger partial charge in [-0.25, -0.2) is 9.97 Å². The standard InChI is InChI=1S/C24H29N5O5S/c1-15(2)21-27-24(34-28-21)18-8-10-29(11-9-18)22-16(3)23(26-14-25-22)33-20-6-4-17(5-7-20)19-12-31-35(30)32-13-19/h4-7,14-15,18-19H,8-13H2,1-3H3/t19-,35-. The monoisotopic (exact) mass is 499 g/mol. The predicted molar refractivity (Wildman–Crippen MR) is 129 cm³/mol. The Labute approximate surface area is 206 Å². The molecule has 11 heteroatoms. The van der Waals surface area contributed by atoms with E-state index < -0.39 is 11.4 Å². The minimum atomic E-state index is -1.64. The van der Waals surface area contributed by atoms with Gasteiger partial charge < -0.3 is 14.2 Å². The number of piperidine rings is 1. The molecule has 0 radical (unpaired) electrons. The van der Waals surface area contributed by atoms with Gasteiger partial charge in [-0.05, 0) is 37.5 Å². The lowest BCUT2D eigenvalue weighted by Gasteiger charge is -2.32. The fourth-order valence-electron chi connectivity index (χ4n) is 4.30. The maximum absolute atomic E-state index is 11.2. The van der Waals surface area contributed by atoms with E-state index >= 15 is 0 Å². The van der Waals surface area contributed by atoms with Crippen LogP contribution in [-0.4, -0.2) is 50.6 Å². The summed E-state index contributed by atoms with van der Waals surface area (Å²) in [6.07, 6.45) is 3.38. The zero-order chi connectivity index (χ0) is 24.4. The summed E-state index contributed by atoms with van der Waals surface area (Å²) in [5, 5.41) is 4.11. The highest BCUT2D eigenvalue weighted by molar-refractivity contribution is 7.75. The molecular formula is C24H29N5O5S. The highest BCUT2D eigenvalue weighted by Gasteiger charge is 2.28. The average Bonchev–Trinajstić information content (AvgIpc) is 3.37. The first-order valence-electron chi connectivity index (χ1n) is 11.8. The van der Waals surface area contributed by atoms with Gasteiger partial charge in [0.15, 0.2) is 5.82 Å². The maximum atomic E-state index is 11.2. The molecule has 0 amide bonds. The molecule has 2 fully saturated rings. The van der Waals surface area contributed by atoms with Crippen LogP contribution in [0.15, 0.2) is 35.1 Å². The molecule has 10 nitrogen and oxygen atoms in total. The number of benzene rings is 1. The Bertz CT molecular complexity index is 1170. The van der Waals surface area contributed by atoms with Crippen LogP contribution in [0.3, 0.4) is 0 Å². The Kier molecular flexibility index (Phi) is 7.07. The quantitative estimate of drug-likeness (QED) is 0.489. The van der Waals surface area contributed by atoms with E-state index in [1.165, 1.54) is 0 Å². The Balaban J connectivity index is 1.22. The van der Waals surface area contributed by atoms with Crippen LogP contribution >= 0.6 is 0 Å². The normalized spacial score (nSPS) is 21.4. The van der Waals surface area contributed by atoms with Crippen LogP contribution in [0.5, 0.6) is 11.6 Å². The molecule has 0 saturated carbocycles. The van der Waals surface area contributed by atoms with Crippen molar-refractivity contribution in [1.82, 2.24) is 20.1 Å². The van der Waals surface area contributed by atoms with Gasteiger partial charge in [-0.1, -0.05) is 31.1 Å². The Morgan fingerprint density at radius 3 is 2.43 bits per heavy atom. The molecule has 2 aliphatic rings. The summed E-state index contributed by atoms with van der Waals surface area (Å²) in [7, 11) is 0. The maximum Gasteiger partial charge on any atom is 0.304 e. The Morgan fingerprint density at radius 2 is 1.77 bits per heavy atom. The van der Waals surface area contributed by atoms with E-state index in [9.17, 15) is 4.21 Å². The van der Waals surface area contributed by atoms with Gasteiger partial charge in [-0.3, -0.25) is 8.37 Å². The third-order valence-corrected chi connectivity index (χ3v) is 7.08. The second kappa shape index (κ2) is 10.4. The molecule has 5 rings (SSSR count). The van der Waals surface area contributed by atoms with Crippen LogP contribution in [0.1, 0.15) is 67.3 Å². The van der Waals surface area contributed by atoms with Crippen molar-refractivity contribution in [1.29, 1.82) is 0 Å². The van der Waals surface area contributed by atoms with Crippen molar-refractivity contribution in [3.63, 3.8) is 0 Å². The minimum absolute atomic E-state index is 0.0428. The lowest BCUT2D eigenvalue weighted by Crippen LogP contribution is -2.34. The number of aromatic nitrogens is 4. The van der Waals surface area contributed by atoms with E-state index in [0.717, 1.165) is 54.6 Å². The van der Waals surface area contributed by atoms with E-state index in [0.29, 0.717) is 24.8 Å². The zero-order valence-electron chi connectivity index (χ0n) is 20.0. The van der Waals surface area contributed by atoms with Crippen molar-refractivity contribution in [3.05, 3.63) is 53.4 Å². The molecule has 0 atom stereocenters. The van der Waals surface area contributed by atoms with Crippen LogP contribution in [0, 0.1) is 6.92 Å². The fraction of sp³-hybridized carbons (Fsp3) is 0.500. The van der Waals surface area contributed by atoms with E-state index in [1.807, 2.05) is 31.2 Å². The van der Waals surface area contributed by atoms with Crippen LogP contribution in [0.2, 0.25) is 0 Å². The third-order valence-electron chi connectivity index (χ3n) is 6.43. The van der Waals surface area contributed by atoms with Crippen molar-refractivity contribution in [2.45, 2.75) is 51.4 Å². The first-order chi connectivity index (χ1) is 17.0. The fourth-order valence-corrected chi connectivity index (χ4v) is 4.92. The predicted octanol–water partition coefficient (Wildman–Crippen LogP) is 4.18.